The highest BCUT2D eigenvalue weighted by atomic mass is 35.5. The highest BCUT2D eigenvalue weighted by Crippen LogP contribution is 2.12. The Labute approximate surface area is 94.4 Å². The lowest BCUT2D eigenvalue weighted by Gasteiger charge is -2.05. The Hall–Kier alpha value is -1.35. The maximum Gasteiger partial charge on any atom is 0.130 e. The molecule has 0 heterocycles. The summed E-state index contributed by atoms with van der Waals surface area (Å²) in [6.45, 7) is 1.87. The van der Waals surface area contributed by atoms with E-state index in [1.54, 1.807) is 7.05 Å². The number of oxime groups is 1. The van der Waals surface area contributed by atoms with Crippen LogP contribution in [0.3, 0.4) is 0 Å². The van der Waals surface area contributed by atoms with E-state index in [1.807, 2.05) is 31.2 Å². The minimum absolute atomic E-state index is 0.667. The molecule has 0 unspecified atom stereocenters. The number of halogens is 1. The van der Waals surface area contributed by atoms with Crippen LogP contribution in [0.1, 0.15) is 12.5 Å². The first-order valence-corrected chi connectivity index (χ1v) is 4.87. The van der Waals surface area contributed by atoms with Gasteiger partial charge in [-0.1, -0.05) is 28.9 Å². The van der Waals surface area contributed by atoms with E-state index < -0.39 is 0 Å². The van der Waals surface area contributed by atoms with Crippen LogP contribution in [0.2, 0.25) is 5.02 Å². The lowest BCUT2D eigenvalue weighted by Crippen LogP contribution is -2.12. The summed E-state index contributed by atoms with van der Waals surface area (Å²) in [5.74, 6) is 0. The van der Waals surface area contributed by atoms with Crippen LogP contribution in [0.25, 0.3) is 0 Å². The van der Waals surface area contributed by atoms with Crippen molar-refractivity contribution in [2.75, 3.05) is 14.2 Å². The molecule has 4 heteroatoms. The number of hydrogen-bond acceptors (Lipinski definition) is 3. The van der Waals surface area contributed by atoms with Crippen LogP contribution in [-0.2, 0) is 4.84 Å². The summed E-state index contributed by atoms with van der Waals surface area (Å²) in [4.78, 5) is 8.86. The monoisotopic (exact) mass is 224 g/mol. The predicted octanol–water partition coefficient (Wildman–Crippen LogP) is 2.78. The minimum Gasteiger partial charge on any atom is -0.399 e. The van der Waals surface area contributed by atoms with E-state index in [1.165, 1.54) is 7.11 Å². The second kappa shape index (κ2) is 5.51. The summed E-state index contributed by atoms with van der Waals surface area (Å²) in [5, 5.41) is 4.60. The Morgan fingerprint density at radius 2 is 2.13 bits per heavy atom. The molecule has 0 amide bonds. The molecule has 0 N–H and O–H groups in total. The van der Waals surface area contributed by atoms with Crippen molar-refractivity contribution in [2.45, 2.75) is 6.92 Å². The number of aliphatic imine (C=N–C) groups is 1. The summed E-state index contributed by atoms with van der Waals surface area (Å²) >= 11 is 5.90. The standard InChI is InChI=1S/C11H13ClN2O/c1-8(13-2)11(14-15-3)9-5-4-6-10(12)7-9/h4-7H,1-3H3/b13-8?,14-11+. The molecule has 0 aliphatic carbocycles. The Morgan fingerprint density at radius 3 is 2.67 bits per heavy atom. The van der Waals surface area contributed by atoms with E-state index in [2.05, 4.69) is 10.1 Å². The van der Waals surface area contributed by atoms with Crippen LogP contribution in [0, 0.1) is 0 Å². The average molecular weight is 225 g/mol. The fourth-order valence-electron chi connectivity index (χ4n) is 1.16. The van der Waals surface area contributed by atoms with Gasteiger partial charge < -0.3 is 4.84 Å². The molecule has 0 fully saturated rings. The summed E-state index contributed by atoms with van der Waals surface area (Å²) in [6, 6.07) is 7.42. The Kier molecular flexibility index (Phi) is 4.31. The minimum atomic E-state index is 0.667. The molecule has 0 saturated carbocycles. The zero-order chi connectivity index (χ0) is 11.3. The SMILES string of the molecule is CN=C(C)/C(=N\OC)c1cccc(Cl)c1. The maximum absolute atomic E-state index is 5.90. The Bertz CT molecular complexity index is 399. The van der Waals surface area contributed by atoms with Crippen molar-refractivity contribution >= 4 is 23.0 Å². The van der Waals surface area contributed by atoms with Crippen LogP contribution in [-0.4, -0.2) is 25.6 Å². The predicted molar refractivity (Wildman–Crippen MR) is 64.0 cm³/mol. The molecule has 0 saturated heterocycles. The molecule has 3 nitrogen and oxygen atoms in total. The number of nitrogens with zero attached hydrogens (tertiary/aromatic N) is 2. The van der Waals surface area contributed by atoms with Gasteiger partial charge in [0.2, 0.25) is 0 Å². The Balaban J connectivity index is 3.16. The zero-order valence-electron chi connectivity index (χ0n) is 8.99. The highest BCUT2D eigenvalue weighted by Gasteiger charge is 2.08. The van der Waals surface area contributed by atoms with Crippen LogP contribution >= 0.6 is 11.6 Å². The van der Waals surface area contributed by atoms with Crippen molar-refractivity contribution in [1.29, 1.82) is 0 Å². The number of benzene rings is 1. The van der Waals surface area contributed by atoms with Crippen molar-refractivity contribution in [2.24, 2.45) is 10.1 Å². The lowest BCUT2D eigenvalue weighted by molar-refractivity contribution is 0.214. The van der Waals surface area contributed by atoms with Gasteiger partial charge in [-0.3, -0.25) is 4.99 Å². The van der Waals surface area contributed by atoms with Crippen molar-refractivity contribution < 1.29 is 4.84 Å². The molecule has 15 heavy (non-hydrogen) atoms. The van der Waals surface area contributed by atoms with Crippen molar-refractivity contribution in [1.82, 2.24) is 0 Å². The van der Waals surface area contributed by atoms with Gasteiger partial charge in [-0.2, -0.15) is 0 Å². The van der Waals surface area contributed by atoms with Gasteiger partial charge in [0, 0.05) is 17.6 Å². The highest BCUT2D eigenvalue weighted by molar-refractivity contribution is 6.47. The van der Waals surface area contributed by atoms with Gasteiger partial charge in [-0.15, -0.1) is 0 Å². The number of hydrogen-bond donors (Lipinski definition) is 0. The smallest absolute Gasteiger partial charge is 0.130 e. The largest absolute Gasteiger partial charge is 0.399 e. The quantitative estimate of drug-likeness (QED) is 0.574. The summed E-state index contributed by atoms with van der Waals surface area (Å²) < 4.78 is 0. The second-order valence-corrected chi connectivity index (χ2v) is 3.38. The first-order chi connectivity index (χ1) is 7.19. The van der Waals surface area contributed by atoms with E-state index in [0.717, 1.165) is 11.3 Å². The molecular weight excluding hydrogens is 212 g/mol. The van der Waals surface area contributed by atoms with Crippen LogP contribution < -0.4 is 0 Å². The summed E-state index contributed by atoms with van der Waals surface area (Å²) in [5.41, 5.74) is 2.40. The third-order valence-corrected chi connectivity index (χ3v) is 2.19. The van der Waals surface area contributed by atoms with E-state index in [0.29, 0.717) is 10.7 Å². The molecule has 0 atom stereocenters. The summed E-state index contributed by atoms with van der Waals surface area (Å²) in [7, 11) is 3.22. The second-order valence-electron chi connectivity index (χ2n) is 2.94. The van der Waals surface area contributed by atoms with Gasteiger partial charge in [0.15, 0.2) is 0 Å². The van der Waals surface area contributed by atoms with E-state index >= 15 is 0 Å². The fourth-order valence-corrected chi connectivity index (χ4v) is 1.35. The molecule has 80 valence electrons. The molecular formula is C11H13ClN2O. The van der Waals surface area contributed by atoms with E-state index in [-0.39, 0.29) is 0 Å². The molecule has 0 bridgehead atoms. The van der Waals surface area contributed by atoms with E-state index in [9.17, 15) is 0 Å². The molecule has 1 aromatic carbocycles. The van der Waals surface area contributed by atoms with Gasteiger partial charge in [-0.05, 0) is 19.1 Å². The fraction of sp³-hybridized carbons (Fsp3) is 0.273. The van der Waals surface area contributed by atoms with Crippen LogP contribution in [0.15, 0.2) is 34.4 Å². The third kappa shape index (κ3) is 3.06. The molecule has 0 spiro atoms. The molecule has 0 radical (unpaired) electrons. The van der Waals surface area contributed by atoms with Gasteiger partial charge in [0.05, 0.1) is 5.71 Å². The van der Waals surface area contributed by atoms with Crippen molar-refractivity contribution in [3.63, 3.8) is 0 Å². The first kappa shape index (κ1) is 11.7. The van der Waals surface area contributed by atoms with Crippen LogP contribution in [0.4, 0.5) is 0 Å². The molecule has 0 aliphatic rings. The van der Waals surface area contributed by atoms with Gasteiger partial charge in [0.1, 0.15) is 12.8 Å². The maximum atomic E-state index is 5.90. The van der Waals surface area contributed by atoms with Gasteiger partial charge in [0.25, 0.3) is 0 Å². The lowest BCUT2D eigenvalue weighted by atomic mass is 10.1. The van der Waals surface area contributed by atoms with E-state index in [4.69, 9.17) is 16.4 Å². The molecule has 1 aromatic rings. The van der Waals surface area contributed by atoms with Gasteiger partial charge >= 0.3 is 0 Å². The number of rotatable bonds is 3. The van der Waals surface area contributed by atoms with Crippen molar-refractivity contribution in [3.8, 4) is 0 Å². The average Bonchev–Trinajstić information content (AvgIpc) is 2.25. The van der Waals surface area contributed by atoms with Crippen molar-refractivity contribution in [3.05, 3.63) is 34.9 Å². The molecule has 1 rings (SSSR count). The molecule has 0 aliphatic heterocycles. The zero-order valence-corrected chi connectivity index (χ0v) is 9.75. The normalized spacial score (nSPS) is 12.8. The first-order valence-electron chi connectivity index (χ1n) is 4.50. The topological polar surface area (TPSA) is 34.0 Å². The Morgan fingerprint density at radius 1 is 1.40 bits per heavy atom. The third-order valence-electron chi connectivity index (χ3n) is 1.96. The summed E-state index contributed by atoms with van der Waals surface area (Å²) in [6.07, 6.45) is 0. The van der Waals surface area contributed by atoms with Gasteiger partial charge in [-0.25, -0.2) is 0 Å². The molecule has 0 aromatic heterocycles. The van der Waals surface area contributed by atoms with Crippen LogP contribution in [0.5, 0.6) is 0 Å².